The molecule has 0 bridgehead atoms. The molecule has 0 amide bonds. The molecule has 1 fully saturated rings. The van der Waals surface area contributed by atoms with Crippen molar-refractivity contribution >= 4 is 28.5 Å². The zero-order valence-electron chi connectivity index (χ0n) is 12.6. The molecule has 0 saturated carbocycles. The second kappa shape index (κ2) is 4.95. The summed E-state index contributed by atoms with van der Waals surface area (Å²) in [5.74, 6) is 2.43. The first-order chi connectivity index (χ1) is 9.44. The maximum absolute atomic E-state index is 4.53. The lowest BCUT2D eigenvalue weighted by atomic mass is 9.88. The molecule has 1 aliphatic heterocycles. The number of hydrogen-bond acceptors (Lipinski definition) is 4. The lowest BCUT2D eigenvalue weighted by Gasteiger charge is -2.35. The van der Waals surface area contributed by atoms with E-state index in [2.05, 4.69) is 35.3 Å². The maximum Gasteiger partial charge on any atom is 0.157 e. The number of aromatic nitrogens is 3. The van der Waals surface area contributed by atoms with Crippen LogP contribution in [0.3, 0.4) is 0 Å². The molecular formula is C15H22N4S. The largest absolute Gasteiger partial charge is 0.380 e. The zero-order chi connectivity index (χ0) is 14.3. The Morgan fingerprint density at radius 1 is 1.45 bits per heavy atom. The Labute approximate surface area is 124 Å². The van der Waals surface area contributed by atoms with Crippen LogP contribution in [0.2, 0.25) is 0 Å². The minimum Gasteiger partial charge on any atom is -0.380 e. The first kappa shape index (κ1) is 13.7. The highest BCUT2D eigenvalue weighted by Crippen LogP contribution is 2.34. The third-order valence-corrected chi connectivity index (χ3v) is 5.47. The molecule has 0 aromatic carbocycles. The van der Waals surface area contributed by atoms with Gasteiger partial charge in [0, 0.05) is 24.2 Å². The standard InChI is InChI=1S/C15H22N4S/c1-10-13-5-11(7-16-14(13)19(4)18-10)17-12-6-15(2,3)9-20-8-12/h5,7,12,17H,6,8-9H2,1-4H3. The number of rotatable bonds is 2. The highest BCUT2D eigenvalue weighted by molar-refractivity contribution is 7.99. The van der Waals surface area contributed by atoms with Gasteiger partial charge in [-0.15, -0.1) is 0 Å². The van der Waals surface area contributed by atoms with Crippen LogP contribution in [0.15, 0.2) is 12.3 Å². The molecule has 0 radical (unpaired) electrons. The molecule has 5 heteroatoms. The summed E-state index contributed by atoms with van der Waals surface area (Å²) in [5, 5.41) is 9.21. The smallest absolute Gasteiger partial charge is 0.157 e. The van der Waals surface area contributed by atoms with E-state index < -0.39 is 0 Å². The van der Waals surface area contributed by atoms with Crippen molar-refractivity contribution in [1.29, 1.82) is 0 Å². The lowest BCUT2D eigenvalue weighted by Crippen LogP contribution is -2.35. The molecule has 20 heavy (non-hydrogen) atoms. The van der Waals surface area contributed by atoms with E-state index >= 15 is 0 Å². The molecule has 3 rings (SSSR count). The Morgan fingerprint density at radius 2 is 2.25 bits per heavy atom. The van der Waals surface area contributed by atoms with Gasteiger partial charge in [0.1, 0.15) is 0 Å². The lowest BCUT2D eigenvalue weighted by molar-refractivity contribution is 0.358. The van der Waals surface area contributed by atoms with Crippen LogP contribution in [0.25, 0.3) is 11.0 Å². The van der Waals surface area contributed by atoms with Crippen LogP contribution < -0.4 is 5.32 Å². The number of nitrogens with one attached hydrogen (secondary N) is 1. The minimum absolute atomic E-state index is 0.419. The molecule has 2 aromatic heterocycles. The highest BCUT2D eigenvalue weighted by Gasteiger charge is 2.28. The number of fused-ring (bicyclic) bond motifs is 1. The molecule has 1 unspecified atom stereocenters. The number of thioether (sulfide) groups is 1. The Bertz CT molecular complexity index is 632. The highest BCUT2D eigenvalue weighted by atomic mass is 32.2. The van der Waals surface area contributed by atoms with Gasteiger partial charge < -0.3 is 5.32 Å². The second-order valence-corrected chi connectivity index (χ2v) is 7.56. The van der Waals surface area contributed by atoms with Crippen molar-refractivity contribution in [2.45, 2.75) is 33.2 Å². The first-order valence-corrected chi connectivity index (χ1v) is 8.24. The van der Waals surface area contributed by atoms with Gasteiger partial charge in [-0.25, -0.2) is 4.98 Å². The first-order valence-electron chi connectivity index (χ1n) is 7.08. The monoisotopic (exact) mass is 290 g/mol. The number of anilines is 1. The van der Waals surface area contributed by atoms with Crippen molar-refractivity contribution in [3.8, 4) is 0 Å². The average Bonchev–Trinajstić information content (AvgIpc) is 2.63. The van der Waals surface area contributed by atoms with Gasteiger partial charge in [-0.1, -0.05) is 13.8 Å². The summed E-state index contributed by atoms with van der Waals surface area (Å²) < 4.78 is 1.84. The van der Waals surface area contributed by atoms with Crippen molar-refractivity contribution < 1.29 is 0 Å². The van der Waals surface area contributed by atoms with E-state index in [1.807, 2.05) is 36.6 Å². The summed E-state index contributed by atoms with van der Waals surface area (Å²) in [5.41, 5.74) is 3.52. The van der Waals surface area contributed by atoms with Gasteiger partial charge in [0.25, 0.3) is 0 Å². The van der Waals surface area contributed by atoms with Crippen LogP contribution in [0.1, 0.15) is 26.0 Å². The fraction of sp³-hybridized carbons (Fsp3) is 0.600. The summed E-state index contributed by atoms with van der Waals surface area (Å²) in [7, 11) is 1.94. The SMILES string of the molecule is Cc1nn(C)c2ncc(NC3CSCC(C)(C)C3)cc12. The zero-order valence-corrected chi connectivity index (χ0v) is 13.4. The van der Waals surface area contributed by atoms with Crippen LogP contribution in [0.4, 0.5) is 5.69 Å². The molecule has 108 valence electrons. The third kappa shape index (κ3) is 2.64. The predicted octanol–water partition coefficient (Wildman–Crippen LogP) is 3.22. The van der Waals surface area contributed by atoms with Crippen LogP contribution in [-0.4, -0.2) is 32.3 Å². The fourth-order valence-corrected chi connectivity index (χ4v) is 4.25. The van der Waals surface area contributed by atoms with Gasteiger partial charge in [-0.05, 0) is 30.6 Å². The molecular weight excluding hydrogens is 268 g/mol. The topological polar surface area (TPSA) is 42.7 Å². The van der Waals surface area contributed by atoms with Crippen LogP contribution in [0.5, 0.6) is 0 Å². The average molecular weight is 290 g/mol. The van der Waals surface area contributed by atoms with E-state index in [-0.39, 0.29) is 0 Å². The number of pyridine rings is 1. The Kier molecular flexibility index (Phi) is 3.40. The third-order valence-electron chi connectivity index (χ3n) is 3.84. The van der Waals surface area contributed by atoms with E-state index in [0.29, 0.717) is 11.5 Å². The molecule has 1 atom stereocenters. The van der Waals surface area contributed by atoms with Crippen LogP contribution in [0, 0.1) is 12.3 Å². The summed E-state index contributed by atoms with van der Waals surface area (Å²) >= 11 is 2.04. The number of aryl methyl sites for hydroxylation is 2. The Balaban J connectivity index is 1.82. The second-order valence-electron chi connectivity index (χ2n) is 6.53. The number of hydrogen-bond donors (Lipinski definition) is 1. The summed E-state index contributed by atoms with van der Waals surface area (Å²) in [6.45, 7) is 6.73. The fourth-order valence-electron chi connectivity index (χ4n) is 2.98. The van der Waals surface area contributed by atoms with E-state index in [1.54, 1.807) is 0 Å². The summed E-state index contributed by atoms with van der Waals surface area (Å²) in [6, 6.07) is 2.71. The van der Waals surface area contributed by atoms with E-state index in [4.69, 9.17) is 0 Å². The molecule has 1 N–H and O–H groups in total. The normalized spacial score (nSPS) is 22.1. The summed E-state index contributed by atoms with van der Waals surface area (Å²) in [4.78, 5) is 4.53. The van der Waals surface area contributed by atoms with Crippen molar-refractivity contribution in [3.63, 3.8) is 0 Å². The predicted molar refractivity (Wildman–Crippen MR) is 86.4 cm³/mol. The molecule has 0 spiro atoms. The van der Waals surface area contributed by atoms with Gasteiger partial charge >= 0.3 is 0 Å². The van der Waals surface area contributed by atoms with Crippen molar-refractivity contribution in [2.75, 3.05) is 16.8 Å². The maximum atomic E-state index is 4.53. The molecule has 1 aliphatic rings. The quantitative estimate of drug-likeness (QED) is 0.922. The molecule has 3 heterocycles. The van der Waals surface area contributed by atoms with Gasteiger partial charge in [0.05, 0.1) is 17.6 Å². The minimum atomic E-state index is 0.419. The number of nitrogens with zero attached hydrogens (tertiary/aromatic N) is 3. The van der Waals surface area contributed by atoms with Gasteiger partial charge in [0.2, 0.25) is 0 Å². The Morgan fingerprint density at radius 3 is 3.00 bits per heavy atom. The molecule has 4 nitrogen and oxygen atoms in total. The summed E-state index contributed by atoms with van der Waals surface area (Å²) in [6.07, 6.45) is 3.14. The van der Waals surface area contributed by atoms with Crippen molar-refractivity contribution in [2.24, 2.45) is 12.5 Å². The Hall–Kier alpha value is -1.23. The molecule has 2 aromatic rings. The van der Waals surface area contributed by atoms with Crippen LogP contribution in [-0.2, 0) is 7.05 Å². The van der Waals surface area contributed by atoms with Crippen molar-refractivity contribution in [3.05, 3.63) is 18.0 Å². The van der Waals surface area contributed by atoms with E-state index in [0.717, 1.165) is 22.4 Å². The van der Waals surface area contributed by atoms with E-state index in [1.165, 1.54) is 17.9 Å². The van der Waals surface area contributed by atoms with Crippen molar-refractivity contribution in [1.82, 2.24) is 14.8 Å². The molecule has 1 saturated heterocycles. The van der Waals surface area contributed by atoms with Gasteiger partial charge in [-0.3, -0.25) is 4.68 Å². The molecule has 0 aliphatic carbocycles. The van der Waals surface area contributed by atoms with Gasteiger partial charge in [0.15, 0.2) is 5.65 Å². The van der Waals surface area contributed by atoms with Crippen LogP contribution >= 0.6 is 11.8 Å². The van der Waals surface area contributed by atoms with E-state index in [9.17, 15) is 0 Å². The van der Waals surface area contributed by atoms with Gasteiger partial charge in [-0.2, -0.15) is 16.9 Å².